The summed E-state index contributed by atoms with van der Waals surface area (Å²) in [5, 5.41) is 0.844. The predicted octanol–water partition coefficient (Wildman–Crippen LogP) is 3.56. The fraction of sp³-hybridized carbons (Fsp3) is 0.261. The van der Waals surface area contributed by atoms with Crippen LogP contribution in [0.3, 0.4) is 0 Å². The molecule has 0 amide bonds. The number of aromatic nitrogens is 3. The number of nitrogens with two attached hydrogens (primary N) is 1. The van der Waals surface area contributed by atoms with Crippen LogP contribution in [0.2, 0.25) is 0 Å². The second-order valence-electron chi connectivity index (χ2n) is 8.36. The molecule has 6 rings (SSSR count). The van der Waals surface area contributed by atoms with E-state index in [-0.39, 0.29) is 10.4 Å². The van der Waals surface area contributed by atoms with Crippen LogP contribution >= 0.6 is 0 Å². The van der Waals surface area contributed by atoms with Crippen LogP contribution in [0.15, 0.2) is 71.9 Å². The van der Waals surface area contributed by atoms with Gasteiger partial charge in [-0.3, -0.25) is 0 Å². The number of para-hydroxylation sites is 1. The molecular weight excluding hydrogens is 396 g/mol. The van der Waals surface area contributed by atoms with Gasteiger partial charge in [-0.05, 0) is 49.9 Å². The summed E-state index contributed by atoms with van der Waals surface area (Å²) in [5.41, 5.74) is 10.1. The van der Waals surface area contributed by atoms with E-state index < -0.39 is 16.1 Å². The van der Waals surface area contributed by atoms with Crippen molar-refractivity contribution < 1.29 is 8.42 Å². The second kappa shape index (κ2) is 6.06. The van der Waals surface area contributed by atoms with Crippen LogP contribution in [0.5, 0.6) is 0 Å². The van der Waals surface area contributed by atoms with Crippen molar-refractivity contribution in [2.75, 3.05) is 0 Å². The zero-order valence-electron chi connectivity index (χ0n) is 16.4. The highest BCUT2D eigenvalue weighted by atomic mass is 32.2. The van der Waals surface area contributed by atoms with Gasteiger partial charge >= 0.3 is 0 Å². The average Bonchev–Trinajstić information content (AvgIpc) is 3.11. The first-order valence-corrected chi connectivity index (χ1v) is 11.7. The van der Waals surface area contributed by atoms with E-state index in [4.69, 9.17) is 5.73 Å². The maximum absolute atomic E-state index is 13.6. The fourth-order valence-electron chi connectivity index (χ4n) is 4.89. The van der Waals surface area contributed by atoms with Crippen molar-refractivity contribution in [2.45, 2.75) is 42.2 Å². The summed E-state index contributed by atoms with van der Waals surface area (Å²) in [4.78, 5) is 4.89. The lowest BCUT2D eigenvalue weighted by Gasteiger charge is -2.16. The van der Waals surface area contributed by atoms with Crippen molar-refractivity contribution in [2.24, 2.45) is 5.73 Å². The van der Waals surface area contributed by atoms with Crippen molar-refractivity contribution in [3.8, 4) is 0 Å². The largest absolute Gasteiger partial charge is 0.328 e. The highest BCUT2D eigenvalue weighted by Gasteiger charge is 2.49. The molecule has 1 atom stereocenters. The summed E-state index contributed by atoms with van der Waals surface area (Å²) >= 11 is 0. The molecule has 2 aromatic heterocycles. The number of nitrogens with zero attached hydrogens (tertiary/aromatic N) is 3. The molecule has 2 aliphatic rings. The van der Waals surface area contributed by atoms with Gasteiger partial charge in [0.15, 0.2) is 0 Å². The number of imidazole rings is 1. The molecule has 0 bridgehead atoms. The molecule has 152 valence electrons. The number of rotatable bonds is 4. The topological polar surface area (TPSA) is 82.9 Å². The number of benzene rings is 2. The van der Waals surface area contributed by atoms with Gasteiger partial charge in [-0.25, -0.2) is 17.4 Å². The van der Waals surface area contributed by atoms with Gasteiger partial charge in [0.2, 0.25) is 0 Å². The van der Waals surface area contributed by atoms with Gasteiger partial charge in [0.05, 0.1) is 34.2 Å². The van der Waals surface area contributed by atoms with Crippen molar-refractivity contribution in [3.05, 3.63) is 84.1 Å². The quantitative estimate of drug-likeness (QED) is 0.549. The van der Waals surface area contributed by atoms with E-state index in [0.717, 1.165) is 29.6 Å². The summed E-state index contributed by atoms with van der Waals surface area (Å²) in [6.45, 7) is 0. The number of fused-ring (bicyclic) bond motifs is 3. The SMILES string of the molecule is N[C@H](c1ncn2c1CCC21CC1)c1cc2ccccc2n1S(=O)(=O)c1ccccc1. The first-order chi connectivity index (χ1) is 14.5. The van der Waals surface area contributed by atoms with E-state index in [0.29, 0.717) is 11.2 Å². The van der Waals surface area contributed by atoms with Crippen LogP contribution in [-0.4, -0.2) is 21.9 Å². The first kappa shape index (κ1) is 17.9. The van der Waals surface area contributed by atoms with Gasteiger partial charge in [0.25, 0.3) is 10.0 Å². The summed E-state index contributed by atoms with van der Waals surface area (Å²) in [6.07, 6.45) is 6.33. The molecule has 30 heavy (non-hydrogen) atoms. The van der Waals surface area contributed by atoms with Crippen molar-refractivity contribution in [3.63, 3.8) is 0 Å². The Morgan fingerprint density at radius 2 is 1.73 bits per heavy atom. The van der Waals surface area contributed by atoms with Crippen LogP contribution in [0, 0.1) is 0 Å². The van der Waals surface area contributed by atoms with Crippen LogP contribution in [-0.2, 0) is 22.0 Å². The molecule has 0 radical (unpaired) electrons. The minimum absolute atomic E-state index is 0.239. The Labute approximate surface area is 175 Å². The van der Waals surface area contributed by atoms with Crippen LogP contribution < -0.4 is 5.73 Å². The van der Waals surface area contributed by atoms with Crippen LogP contribution in [0.25, 0.3) is 10.9 Å². The minimum atomic E-state index is -3.81. The average molecular weight is 419 g/mol. The van der Waals surface area contributed by atoms with Crippen molar-refractivity contribution >= 4 is 20.9 Å². The van der Waals surface area contributed by atoms with Gasteiger partial charge in [-0.15, -0.1) is 0 Å². The molecule has 0 unspecified atom stereocenters. The molecule has 2 aromatic carbocycles. The zero-order chi connectivity index (χ0) is 20.5. The summed E-state index contributed by atoms with van der Waals surface area (Å²) < 4.78 is 30.9. The molecule has 7 heteroatoms. The maximum Gasteiger partial charge on any atom is 0.268 e. The molecule has 3 heterocycles. The van der Waals surface area contributed by atoms with E-state index >= 15 is 0 Å². The maximum atomic E-state index is 13.6. The number of hydrogen-bond acceptors (Lipinski definition) is 4. The second-order valence-corrected chi connectivity index (χ2v) is 10.1. The van der Waals surface area contributed by atoms with E-state index in [2.05, 4.69) is 9.55 Å². The third-order valence-electron chi connectivity index (χ3n) is 6.65. The van der Waals surface area contributed by atoms with Gasteiger partial charge in [0, 0.05) is 16.6 Å². The molecule has 0 saturated heterocycles. The summed E-state index contributed by atoms with van der Waals surface area (Å²) in [6, 6.07) is 17.3. The van der Waals surface area contributed by atoms with E-state index in [1.807, 2.05) is 42.7 Å². The summed E-state index contributed by atoms with van der Waals surface area (Å²) in [7, 11) is -3.81. The first-order valence-electron chi connectivity index (χ1n) is 10.2. The van der Waals surface area contributed by atoms with Gasteiger partial charge in [0.1, 0.15) is 0 Å². The highest BCUT2D eigenvalue weighted by Crippen LogP contribution is 2.52. The normalized spacial score (nSPS) is 18.0. The van der Waals surface area contributed by atoms with Crippen LogP contribution in [0.4, 0.5) is 0 Å². The van der Waals surface area contributed by atoms with E-state index in [1.165, 1.54) is 16.8 Å². The van der Waals surface area contributed by atoms with Crippen molar-refractivity contribution in [1.29, 1.82) is 0 Å². The standard InChI is InChI=1S/C23H22N4O2S/c24-21(22-19-10-11-23(12-13-23)26(19)15-25-22)20-14-16-6-4-5-9-18(16)27(20)30(28,29)17-7-2-1-3-8-17/h1-9,14-15,21H,10-13,24H2/t21-/m0/s1. The van der Waals surface area contributed by atoms with Gasteiger partial charge < -0.3 is 10.3 Å². The molecule has 4 aromatic rings. The molecule has 6 nitrogen and oxygen atoms in total. The molecular formula is C23H22N4O2S. The smallest absolute Gasteiger partial charge is 0.268 e. The zero-order valence-corrected chi connectivity index (χ0v) is 17.2. The lowest BCUT2D eigenvalue weighted by molar-refractivity contribution is 0.507. The fourth-order valence-corrected chi connectivity index (χ4v) is 6.47. The number of hydrogen-bond donors (Lipinski definition) is 1. The highest BCUT2D eigenvalue weighted by molar-refractivity contribution is 7.90. The Morgan fingerprint density at radius 3 is 2.50 bits per heavy atom. The third-order valence-corrected chi connectivity index (χ3v) is 8.41. The Balaban J connectivity index is 1.55. The lowest BCUT2D eigenvalue weighted by atomic mass is 10.1. The predicted molar refractivity (Wildman–Crippen MR) is 115 cm³/mol. The summed E-state index contributed by atoms with van der Waals surface area (Å²) in [5.74, 6) is 0. The lowest BCUT2D eigenvalue weighted by Crippen LogP contribution is -2.23. The molecule has 2 N–H and O–H groups in total. The Bertz CT molecular complexity index is 1380. The van der Waals surface area contributed by atoms with Gasteiger partial charge in [-0.1, -0.05) is 36.4 Å². The molecule has 1 aliphatic carbocycles. The monoisotopic (exact) mass is 418 g/mol. The van der Waals surface area contributed by atoms with E-state index in [1.54, 1.807) is 24.3 Å². The van der Waals surface area contributed by atoms with Crippen molar-refractivity contribution in [1.82, 2.24) is 13.5 Å². The Morgan fingerprint density at radius 1 is 1.00 bits per heavy atom. The molecule has 1 aliphatic heterocycles. The van der Waals surface area contributed by atoms with Crippen LogP contribution in [0.1, 0.15) is 42.4 Å². The Kier molecular flexibility index (Phi) is 3.62. The van der Waals surface area contributed by atoms with E-state index in [9.17, 15) is 8.42 Å². The molecule has 1 saturated carbocycles. The minimum Gasteiger partial charge on any atom is -0.328 e. The third kappa shape index (κ3) is 2.39. The molecule has 1 spiro atoms. The van der Waals surface area contributed by atoms with Gasteiger partial charge in [-0.2, -0.15) is 0 Å². The Hall–Kier alpha value is -2.90. The molecule has 1 fully saturated rings.